The highest BCUT2D eigenvalue weighted by Crippen LogP contribution is 2.20. The Balaban J connectivity index is 0.000000268. The molecule has 5 nitrogen and oxygen atoms in total. The lowest BCUT2D eigenvalue weighted by atomic mass is 10.1. The van der Waals surface area contributed by atoms with Crippen molar-refractivity contribution in [1.29, 1.82) is 0 Å². The number of aliphatic carboxylic acids is 1. The van der Waals surface area contributed by atoms with Crippen LogP contribution in [0.5, 0.6) is 0 Å². The molecule has 2 heterocycles. The second kappa shape index (κ2) is 8.67. The second-order valence-electron chi connectivity index (χ2n) is 6.31. The number of carboxylic acid groups (broad SMARTS) is 1. The van der Waals surface area contributed by atoms with E-state index in [1.807, 2.05) is 31.2 Å². The van der Waals surface area contributed by atoms with Crippen LogP contribution in [0.25, 0.3) is 0 Å². The summed E-state index contributed by atoms with van der Waals surface area (Å²) in [5.41, 5.74) is 2.21. The Kier molecular flexibility index (Phi) is 6.59. The molecule has 1 aromatic rings. The van der Waals surface area contributed by atoms with Gasteiger partial charge in [0.25, 0.3) is 0 Å². The minimum Gasteiger partial charge on any atom is -0.481 e. The van der Waals surface area contributed by atoms with Crippen molar-refractivity contribution in [3.63, 3.8) is 0 Å². The fraction of sp³-hybridized carbons (Fsp3) is 0.556. The summed E-state index contributed by atoms with van der Waals surface area (Å²) in [5, 5.41) is 12.2. The number of hydrogen-bond acceptors (Lipinski definition) is 3. The molecule has 2 aliphatic heterocycles. The monoisotopic (exact) mass is 318 g/mol. The minimum atomic E-state index is -0.884. The van der Waals surface area contributed by atoms with Crippen molar-refractivity contribution in [2.75, 3.05) is 19.6 Å². The van der Waals surface area contributed by atoms with Gasteiger partial charge in [-0.15, -0.1) is 0 Å². The van der Waals surface area contributed by atoms with Crippen LogP contribution in [0.2, 0.25) is 0 Å². The summed E-state index contributed by atoms with van der Waals surface area (Å²) in [6.07, 6.45) is 4.34. The van der Waals surface area contributed by atoms with Gasteiger partial charge in [-0.25, -0.2) is 0 Å². The molecule has 0 saturated carbocycles. The lowest BCUT2D eigenvalue weighted by Gasteiger charge is -2.16. The average Bonchev–Trinajstić information content (AvgIpc) is 2.93. The van der Waals surface area contributed by atoms with E-state index < -0.39 is 11.9 Å². The highest BCUT2D eigenvalue weighted by Gasteiger charge is 2.33. The number of carbonyl (C=O) groups is 2. The number of hydrogen-bond donors (Lipinski definition) is 2. The topological polar surface area (TPSA) is 69.6 Å². The van der Waals surface area contributed by atoms with E-state index in [1.165, 1.54) is 37.9 Å². The Bertz CT molecular complexity index is 512. The predicted octanol–water partition coefficient (Wildman–Crippen LogP) is 2.19. The molecule has 0 spiro atoms. The number of likely N-dealkylation sites (tertiary alicyclic amines) is 1. The van der Waals surface area contributed by atoms with Crippen molar-refractivity contribution in [2.24, 2.45) is 5.92 Å². The van der Waals surface area contributed by atoms with E-state index in [1.54, 1.807) is 4.90 Å². The lowest BCUT2D eigenvalue weighted by molar-refractivity contribution is -0.141. The second-order valence-corrected chi connectivity index (χ2v) is 6.31. The molecule has 0 aliphatic carbocycles. The van der Waals surface area contributed by atoms with Crippen LogP contribution in [0, 0.1) is 12.8 Å². The first-order valence-electron chi connectivity index (χ1n) is 8.33. The molecule has 3 rings (SSSR count). The van der Waals surface area contributed by atoms with Crippen LogP contribution in [0.1, 0.15) is 36.8 Å². The molecule has 2 N–H and O–H groups in total. The first-order valence-corrected chi connectivity index (χ1v) is 8.33. The smallest absolute Gasteiger partial charge is 0.308 e. The van der Waals surface area contributed by atoms with Crippen molar-refractivity contribution in [1.82, 2.24) is 10.2 Å². The van der Waals surface area contributed by atoms with Gasteiger partial charge in [0.15, 0.2) is 0 Å². The zero-order chi connectivity index (χ0) is 16.7. The maximum Gasteiger partial charge on any atom is 0.308 e. The predicted molar refractivity (Wildman–Crippen MR) is 89.1 cm³/mol. The van der Waals surface area contributed by atoms with Crippen LogP contribution >= 0.6 is 0 Å². The molecular weight excluding hydrogens is 292 g/mol. The van der Waals surface area contributed by atoms with Crippen LogP contribution in [0.4, 0.5) is 0 Å². The number of aryl methyl sites for hydroxylation is 1. The summed E-state index contributed by atoms with van der Waals surface area (Å²) in [5.74, 6) is -1.50. The van der Waals surface area contributed by atoms with Gasteiger partial charge in [-0.3, -0.25) is 9.59 Å². The third kappa shape index (κ3) is 5.67. The molecule has 126 valence electrons. The third-order valence-corrected chi connectivity index (χ3v) is 4.26. The molecule has 1 unspecified atom stereocenters. The van der Waals surface area contributed by atoms with Crippen LogP contribution < -0.4 is 5.32 Å². The number of nitrogens with zero attached hydrogens (tertiary/aromatic N) is 1. The van der Waals surface area contributed by atoms with Gasteiger partial charge < -0.3 is 15.3 Å². The molecule has 23 heavy (non-hydrogen) atoms. The van der Waals surface area contributed by atoms with E-state index in [0.717, 1.165) is 5.56 Å². The molecule has 0 radical (unpaired) electrons. The van der Waals surface area contributed by atoms with Gasteiger partial charge in [0.1, 0.15) is 0 Å². The summed E-state index contributed by atoms with van der Waals surface area (Å²) in [4.78, 5) is 24.0. The van der Waals surface area contributed by atoms with Gasteiger partial charge in [-0.1, -0.05) is 36.2 Å². The fourth-order valence-corrected chi connectivity index (χ4v) is 2.81. The van der Waals surface area contributed by atoms with Crippen LogP contribution in [-0.2, 0) is 16.1 Å². The van der Waals surface area contributed by atoms with Gasteiger partial charge in [-0.05, 0) is 38.4 Å². The van der Waals surface area contributed by atoms with Crippen molar-refractivity contribution >= 4 is 11.9 Å². The van der Waals surface area contributed by atoms with Crippen LogP contribution in [-0.4, -0.2) is 41.5 Å². The third-order valence-electron chi connectivity index (χ3n) is 4.26. The zero-order valence-electron chi connectivity index (χ0n) is 13.8. The van der Waals surface area contributed by atoms with Crippen molar-refractivity contribution in [2.45, 2.75) is 39.2 Å². The van der Waals surface area contributed by atoms with E-state index in [-0.39, 0.29) is 12.3 Å². The highest BCUT2D eigenvalue weighted by molar-refractivity contribution is 5.86. The molecule has 1 aromatic carbocycles. The number of rotatable bonds is 3. The van der Waals surface area contributed by atoms with Crippen molar-refractivity contribution in [3.8, 4) is 0 Å². The van der Waals surface area contributed by atoms with E-state index in [4.69, 9.17) is 5.11 Å². The maximum absolute atomic E-state index is 11.6. The van der Waals surface area contributed by atoms with Crippen LogP contribution in [0.15, 0.2) is 24.3 Å². The first kappa shape index (κ1) is 17.5. The molecule has 2 aliphatic rings. The Morgan fingerprint density at radius 1 is 1.22 bits per heavy atom. The molecule has 1 amide bonds. The molecule has 0 aromatic heterocycles. The number of benzene rings is 1. The minimum absolute atomic E-state index is 0.0713. The van der Waals surface area contributed by atoms with Crippen LogP contribution in [0.3, 0.4) is 0 Å². The quantitative estimate of drug-likeness (QED) is 0.896. The summed E-state index contributed by atoms with van der Waals surface area (Å²) in [7, 11) is 0. The first-order chi connectivity index (χ1) is 11.1. The number of carboxylic acids is 1. The highest BCUT2D eigenvalue weighted by atomic mass is 16.4. The summed E-state index contributed by atoms with van der Waals surface area (Å²) in [6, 6.07) is 7.92. The molecule has 5 heteroatoms. The summed E-state index contributed by atoms with van der Waals surface area (Å²) < 4.78 is 0. The number of nitrogens with one attached hydrogen (secondary N) is 1. The molecule has 2 fully saturated rings. The Hall–Kier alpha value is -1.88. The molecule has 2 saturated heterocycles. The summed E-state index contributed by atoms with van der Waals surface area (Å²) >= 11 is 0. The standard InChI is InChI=1S/C13H15NO3.C5H11N/c1-9-2-4-10(5-3-9)7-14-8-11(13(16)17)6-12(14)15;1-2-4-6-5-3-1/h2-5,11H,6-8H2,1H3,(H,16,17);6H,1-5H2. The molecule has 0 bridgehead atoms. The number of piperidine rings is 1. The Labute approximate surface area is 137 Å². The van der Waals surface area contributed by atoms with Crippen molar-refractivity contribution < 1.29 is 14.7 Å². The van der Waals surface area contributed by atoms with Gasteiger partial charge in [-0.2, -0.15) is 0 Å². The molecule has 1 atom stereocenters. The van der Waals surface area contributed by atoms with Gasteiger partial charge in [0.05, 0.1) is 5.92 Å². The number of carbonyl (C=O) groups excluding carboxylic acids is 1. The zero-order valence-corrected chi connectivity index (χ0v) is 13.8. The van der Waals surface area contributed by atoms with Gasteiger partial charge in [0, 0.05) is 19.5 Å². The number of amides is 1. The maximum atomic E-state index is 11.6. The van der Waals surface area contributed by atoms with E-state index in [9.17, 15) is 9.59 Å². The largest absolute Gasteiger partial charge is 0.481 e. The van der Waals surface area contributed by atoms with Crippen molar-refractivity contribution in [3.05, 3.63) is 35.4 Å². The summed E-state index contributed by atoms with van der Waals surface area (Å²) in [6.45, 7) is 5.33. The SMILES string of the molecule is C1CCNCC1.Cc1ccc(CN2CC(C(=O)O)CC2=O)cc1. The van der Waals surface area contributed by atoms with E-state index >= 15 is 0 Å². The normalized spacial score (nSPS) is 20.8. The fourth-order valence-electron chi connectivity index (χ4n) is 2.81. The van der Waals surface area contributed by atoms with Gasteiger partial charge >= 0.3 is 5.97 Å². The van der Waals surface area contributed by atoms with E-state index in [2.05, 4.69) is 5.32 Å². The molecular formula is C18H26N2O3. The lowest BCUT2D eigenvalue weighted by Crippen LogP contribution is -2.25. The average molecular weight is 318 g/mol. The Morgan fingerprint density at radius 2 is 1.87 bits per heavy atom. The van der Waals surface area contributed by atoms with Gasteiger partial charge in [0.2, 0.25) is 5.91 Å². The van der Waals surface area contributed by atoms with E-state index in [0.29, 0.717) is 13.1 Å². The Morgan fingerprint density at radius 3 is 2.30 bits per heavy atom.